The average molecular weight is 215 g/mol. The van der Waals surface area contributed by atoms with E-state index in [0.717, 1.165) is 0 Å². The van der Waals surface area contributed by atoms with Crippen molar-refractivity contribution in [2.75, 3.05) is 11.5 Å². The molecule has 0 aliphatic rings. The van der Waals surface area contributed by atoms with Gasteiger partial charge in [-0.3, -0.25) is 4.98 Å². The number of hydrogen-bond donors (Lipinski definition) is 2. The van der Waals surface area contributed by atoms with Crippen LogP contribution in [0.2, 0.25) is 0 Å². The van der Waals surface area contributed by atoms with E-state index in [1.54, 1.807) is 6.20 Å². The molecule has 0 saturated carbocycles. The van der Waals surface area contributed by atoms with Gasteiger partial charge < -0.3 is 16.2 Å². The third-order valence-corrected chi connectivity index (χ3v) is 2.23. The van der Waals surface area contributed by atoms with Crippen molar-refractivity contribution in [2.24, 2.45) is 0 Å². The van der Waals surface area contributed by atoms with Crippen molar-refractivity contribution < 1.29 is 4.74 Å². The summed E-state index contributed by atoms with van der Waals surface area (Å²) in [6.07, 6.45) is 3.04. The number of benzene rings is 1. The topological polar surface area (TPSA) is 74.2 Å². The fourth-order valence-corrected chi connectivity index (χ4v) is 1.28. The lowest BCUT2D eigenvalue weighted by atomic mass is 10.2. The molecule has 0 bridgehead atoms. The summed E-state index contributed by atoms with van der Waals surface area (Å²) in [6, 6.07) is 7.67. The lowest BCUT2D eigenvalue weighted by Crippen LogP contribution is -1.98. The van der Waals surface area contributed by atoms with Crippen LogP contribution in [0, 0.1) is 6.92 Å². The van der Waals surface area contributed by atoms with Gasteiger partial charge in [-0.15, -0.1) is 0 Å². The van der Waals surface area contributed by atoms with Gasteiger partial charge in [0.05, 0.1) is 18.1 Å². The largest absolute Gasteiger partial charge is 0.453 e. The Balaban J connectivity index is 2.27. The van der Waals surface area contributed by atoms with Gasteiger partial charge in [-0.25, -0.2) is 0 Å². The molecule has 0 fully saturated rings. The molecule has 0 spiro atoms. The fourth-order valence-electron chi connectivity index (χ4n) is 1.28. The van der Waals surface area contributed by atoms with Crippen molar-refractivity contribution in [1.82, 2.24) is 4.98 Å². The predicted octanol–water partition coefficient (Wildman–Crippen LogP) is 2.35. The van der Waals surface area contributed by atoms with Gasteiger partial charge in [-0.2, -0.15) is 0 Å². The zero-order valence-electron chi connectivity index (χ0n) is 8.97. The first kappa shape index (κ1) is 10.3. The molecule has 4 N–H and O–H groups in total. The van der Waals surface area contributed by atoms with Gasteiger partial charge in [0.1, 0.15) is 11.4 Å². The van der Waals surface area contributed by atoms with E-state index < -0.39 is 0 Å². The van der Waals surface area contributed by atoms with Crippen LogP contribution in [0.25, 0.3) is 0 Å². The van der Waals surface area contributed by atoms with Crippen LogP contribution in [0.15, 0.2) is 36.7 Å². The molecular formula is C12H13N3O. The van der Waals surface area contributed by atoms with Gasteiger partial charge in [-0.05, 0) is 19.1 Å². The zero-order valence-corrected chi connectivity index (χ0v) is 8.97. The molecule has 1 aromatic heterocycles. The Morgan fingerprint density at radius 3 is 2.44 bits per heavy atom. The highest BCUT2D eigenvalue weighted by molar-refractivity contribution is 5.69. The van der Waals surface area contributed by atoms with Crippen molar-refractivity contribution >= 4 is 11.4 Å². The number of nitrogens with zero attached hydrogens (tertiary/aromatic N) is 1. The Kier molecular flexibility index (Phi) is 2.64. The van der Waals surface area contributed by atoms with E-state index in [2.05, 4.69) is 4.98 Å². The molecule has 0 atom stereocenters. The number of nitrogens with two attached hydrogens (primary N) is 2. The maximum absolute atomic E-state index is 5.77. The monoisotopic (exact) mass is 215 g/mol. The second-order valence-electron chi connectivity index (χ2n) is 3.56. The molecular weight excluding hydrogens is 202 g/mol. The lowest BCUT2D eigenvalue weighted by molar-refractivity contribution is 0.483. The fraction of sp³-hybridized carbons (Fsp3) is 0.0833. The molecule has 82 valence electrons. The zero-order chi connectivity index (χ0) is 11.5. The molecule has 0 amide bonds. The number of hydrogen-bond acceptors (Lipinski definition) is 4. The molecule has 1 aromatic carbocycles. The van der Waals surface area contributed by atoms with Gasteiger partial charge in [0, 0.05) is 0 Å². The first-order valence-electron chi connectivity index (χ1n) is 4.90. The summed E-state index contributed by atoms with van der Waals surface area (Å²) >= 11 is 0. The van der Waals surface area contributed by atoms with Crippen molar-refractivity contribution in [2.45, 2.75) is 6.92 Å². The molecule has 0 aliphatic carbocycles. The number of ether oxygens (including phenoxy) is 1. The third kappa shape index (κ3) is 2.06. The molecule has 0 aliphatic heterocycles. The summed E-state index contributed by atoms with van der Waals surface area (Å²) in [5, 5.41) is 0. The summed E-state index contributed by atoms with van der Waals surface area (Å²) in [6.45, 7) is 2.01. The van der Waals surface area contributed by atoms with E-state index in [1.165, 1.54) is 11.8 Å². The van der Waals surface area contributed by atoms with Crippen LogP contribution in [0.4, 0.5) is 11.4 Å². The highest BCUT2D eigenvalue weighted by atomic mass is 16.5. The van der Waals surface area contributed by atoms with E-state index in [0.29, 0.717) is 22.9 Å². The smallest absolute Gasteiger partial charge is 0.170 e. The van der Waals surface area contributed by atoms with Crippen LogP contribution < -0.4 is 16.2 Å². The van der Waals surface area contributed by atoms with E-state index in [-0.39, 0.29) is 0 Å². The van der Waals surface area contributed by atoms with Crippen LogP contribution in [-0.2, 0) is 0 Å². The van der Waals surface area contributed by atoms with Gasteiger partial charge in [0.15, 0.2) is 5.75 Å². The van der Waals surface area contributed by atoms with E-state index >= 15 is 0 Å². The molecule has 4 heteroatoms. The van der Waals surface area contributed by atoms with Crippen molar-refractivity contribution in [1.29, 1.82) is 0 Å². The second-order valence-corrected chi connectivity index (χ2v) is 3.56. The summed E-state index contributed by atoms with van der Waals surface area (Å²) in [7, 11) is 0. The van der Waals surface area contributed by atoms with Gasteiger partial charge >= 0.3 is 0 Å². The highest BCUT2D eigenvalue weighted by Crippen LogP contribution is 2.30. The minimum Gasteiger partial charge on any atom is -0.453 e. The van der Waals surface area contributed by atoms with Crippen LogP contribution in [-0.4, -0.2) is 4.98 Å². The Bertz CT molecular complexity index is 494. The number of nitrogen functional groups attached to an aromatic ring is 2. The van der Waals surface area contributed by atoms with Gasteiger partial charge in [-0.1, -0.05) is 17.7 Å². The first-order chi connectivity index (χ1) is 7.66. The van der Waals surface area contributed by atoms with Crippen LogP contribution in [0.3, 0.4) is 0 Å². The Morgan fingerprint density at radius 1 is 1.06 bits per heavy atom. The number of aromatic nitrogens is 1. The SMILES string of the molecule is Cc1ccc(Oc2cncc(N)c2N)cc1. The minimum atomic E-state index is 0.413. The summed E-state index contributed by atoms with van der Waals surface area (Å²) in [4.78, 5) is 3.93. The highest BCUT2D eigenvalue weighted by Gasteiger charge is 2.05. The Hall–Kier alpha value is -2.23. The normalized spacial score (nSPS) is 10.1. The molecule has 0 saturated heterocycles. The van der Waals surface area contributed by atoms with Crippen molar-refractivity contribution in [3.05, 3.63) is 42.2 Å². The van der Waals surface area contributed by atoms with E-state index in [1.807, 2.05) is 31.2 Å². The maximum Gasteiger partial charge on any atom is 0.170 e. The van der Waals surface area contributed by atoms with Gasteiger partial charge in [0.2, 0.25) is 0 Å². The molecule has 4 nitrogen and oxygen atoms in total. The molecule has 2 aromatic rings. The third-order valence-electron chi connectivity index (χ3n) is 2.23. The molecule has 0 radical (unpaired) electrons. The summed E-state index contributed by atoms with van der Waals surface area (Å²) in [5.74, 6) is 1.19. The van der Waals surface area contributed by atoms with Crippen molar-refractivity contribution in [3.8, 4) is 11.5 Å². The van der Waals surface area contributed by atoms with Gasteiger partial charge in [0.25, 0.3) is 0 Å². The average Bonchev–Trinajstić information content (AvgIpc) is 2.28. The van der Waals surface area contributed by atoms with E-state index in [9.17, 15) is 0 Å². The number of aryl methyl sites for hydroxylation is 1. The first-order valence-corrected chi connectivity index (χ1v) is 4.90. The van der Waals surface area contributed by atoms with Crippen LogP contribution >= 0.6 is 0 Å². The predicted molar refractivity (Wildman–Crippen MR) is 64.3 cm³/mol. The van der Waals surface area contributed by atoms with E-state index in [4.69, 9.17) is 16.2 Å². The van der Waals surface area contributed by atoms with Crippen molar-refractivity contribution in [3.63, 3.8) is 0 Å². The molecule has 0 unspecified atom stereocenters. The molecule has 16 heavy (non-hydrogen) atoms. The maximum atomic E-state index is 5.77. The minimum absolute atomic E-state index is 0.413. The molecule has 2 rings (SSSR count). The Morgan fingerprint density at radius 2 is 1.75 bits per heavy atom. The number of anilines is 2. The van der Waals surface area contributed by atoms with Crippen LogP contribution in [0.1, 0.15) is 5.56 Å². The Labute approximate surface area is 93.9 Å². The quantitative estimate of drug-likeness (QED) is 0.806. The lowest BCUT2D eigenvalue weighted by Gasteiger charge is -2.09. The summed E-state index contributed by atoms with van der Waals surface area (Å²) < 4.78 is 5.58. The summed E-state index contributed by atoms with van der Waals surface area (Å²) in [5.41, 5.74) is 13.4. The van der Waals surface area contributed by atoms with Crippen LogP contribution in [0.5, 0.6) is 11.5 Å². The standard InChI is InChI=1S/C12H13N3O/c1-8-2-4-9(5-3-8)16-11-7-15-6-10(13)12(11)14/h2-7H,13H2,1H3,(H2,14,15). The molecule has 1 heterocycles. The number of pyridine rings is 1. The number of rotatable bonds is 2. The second kappa shape index (κ2) is 4.10.